The van der Waals surface area contributed by atoms with Gasteiger partial charge >= 0.3 is 0 Å². The maximum absolute atomic E-state index is 6.33. The van der Waals surface area contributed by atoms with Gasteiger partial charge in [-0.1, -0.05) is 53.5 Å². The monoisotopic (exact) mass is 319 g/mol. The second kappa shape index (κ2) is 6.39. The van der Waals surface area contributed by atoms with Crippen molar-refractivity contribution in [1.82, 2.24) is 5.32 Å². The Hall–Kier alpha value is -1.02. The maximum atomic E-state index is 6.33. The molecule has 0 bridgehead atoms. The minimum Gasteiger partial charge on any atom is -0.316 e. The SMILES string of the molecule is CNC(Cc1ccc(Cl)cc1Cl)C1CCc2ccccc21. The van der Waals surface area contributed by atoms with Crippen LogP contribution in [0, 0.1) is 0 Å². The average molecular weight is 320 g/mol. The molecular weight excluding hydrogens is 301 g/mol. The van der Waals surface area contributed by atoms with Crippen LogP contribution in [-0.4, -0.2) is 13.1 Å². The molecule has 0 heterocycles. The lowest BCUT2D eigenvalue weighted by Gasteiger charge is -2.24. The average Bonchev–Trinajstić information content (AvgIpc) is 2.91. The molecule has 0 aliphatic heterocycles. The molecule has 0 amide bonds. The van der Waals surface area contributed by atoms with Gasteiger partial charge in [0.1, 0.15) is 0 Å². The van der Waals surface area contributed by atoms with E-state index in [1.165, 1.54) is 24.0 Å². The van der Waals surface area contributed by atoms with Gasteiger partial charge in [0, 0.05) is 22.0 Å². The van der Waals surface area contributed by atoms with E-state index in [4.69, 9.17) is 23.2 Å². The molecule has 2 unspecified atom stereocenters. The van der Waals surface area contributed by atoms with Crippen LogP contribution in [0.4, 0.5) is 0 Å². The van der Waals surface area contributed by atoms with Crippen LogP contribution in [0.2, 0.25) is 10.0 Å². The van der Waals surface area contributed by atoms with Gasteiger partial charge in [0.15, 0.2) is 0 Å². The summed E-state index contributed by atoms with van der Waals surface area (Å²) in [5, 5.41) is 4.93. The molecule has 2 aromatic rings. The van der Waals surface area contributed by atoms with E-state index in [0.29, 0.717) is 17.0 Å². The summed E-state index contributed by atoms with van der Waals surface area (Å²) in [6, 6.07) is 15.0. The highest BCUT2D eigenvalue weighted by Crippen LogP contribution is 2.37. The molecule has 0 saturated carbocycles. The first kappa shape index (κ1) is 14.9. The normalized spacial score (nSPS) is 18.5. The largest absolute Gasteiger partial charge is 0.316 e. The molecule has 3 heteroatoms. The predicted molar refractivity (Wildman–Crippen MR) is 90.5 cm³/mol. The lowest BCUT2D eigenvalue weighted by atomic mass is 9.89. The quantitative estimate of drug-likeness (QED) is 0.849. The fraction of sp³-hybridized carbons (Fsp3) is 0.333. The molecule has 2 atom stereocenters. The first-order valence-electron chi connectivity index (χ1n) is 7.38. The zero-order valence-electron chi connectivity index (χ0n) is 12.1. The summed E-state index contributed by atoms with van der Waals surface area (Å²) in [5.74, 6) is 0.554. The van der Waals surface area contributed by atoms with Crippen molar-refractivity contribution < 1.29 is 0 Å². The summed E-state index contributed by atoms with van der Waals surface area (Å²) in [7, 11) is 2.04. The van der Waals surface area contributed by atoms with Crippen LogP contribution in [-0.2, 0) is 12.8 Å². The van der Waals surface area contributed by atoms with Crippen LogP contribution in [0.1, 0.15) is 29.0 Å². The van der Waals surface area contributed by atoms with Gasteiger partial charge in [-0.3, -0.25) is 0 Å². The van der Waals surface area contributed by atoms with Crippen LogP contribution < -0.4 is 5.32 Å². The zero-order valence-corrected chi connectivity index (χ0v) is 13.6. The lowest BCUT2D eigenvalue weighted by molar-refractivity contribution is 0.456. The zero-order chi connectivity index (χ0) is 14.8. The van der Waals surface area contributed by atoms with Gasteiger partial charge in [-0.15, -0.1) is 0 Å². The van der Waals surface area contributed by atoms with E-state index in [1.807, 2.05) is 25.2 Å². The number of fused-ring (bicyclic) bond motifs is 1. The van der Waals surface area contributed by atoms with Gasteiger partial charge in [-0.05, 0) is 55.1 Å². The number of rotatable bonds is 4. The minimum atomic E-state index is 0.396. The fourth-order valence-corrected chi connectivity index (χ4v) is 3.86. The molecular formula is C18H19Cl2N. The predicted octanol–water partition coefficient (Wildman–Crippen LogP) is 4.85. The Bertz CT molecular complexity index is 639. The van der Waals surface area contributed by atoms with Crippen molar-refractivity contribution in [2.45, 2.75) is 31.2 Å². The number of aryl methyl sites for hydroxylation is 1. The van der Waals surface area contributed by atoms with E-state index in [-0.39, 0.29) is 0 Å². The summed E-state index contributed by atoms with van der Waals surface area (Å²) in [6.07, 6.45) is 3.30. The van der Waals surface area contributed by atoms with E-state index in [0.717, 1.165) is 17.0 Å². The summed E-state index contributed by atoms with van der Waals surface area (Å²) >= 11 is 12.3. The standard InChI is InChI=1S/C18H19Cl2N/c1-21-18(10-13-6-8-14(19)11-17(13)20)16-9-7-12-4-2-3-5-15(12)16/h2-6,8,11,16,18,21H,7,9-10H2,1H3. The third-order valence-corrected chi connectivity index (χ3v) is 5.08. The topological polar surface area (TPSA) is 12.0 Å². The summed E-state index contributed by atoms with van der Waals surface area (Å²) in [6.45, 7) is 0. The first-order chi connectivity index (χ1) is 10.2. The van der Waals surface area contributed by atoms with Crippen molar-refractivity contribution in [2.75, 3.05) is 7.05 Å². The van der Waals surface area contributed by atoms with E-state index in [9.17, 15) is 0 Å². The summed E-state index contributed by atoms with van der Waals surface area (Å²) in [4.78, 5) is 0. The first-order valence-corrected chi connectivity index (χ1v) is 8.13. The molecule has 0 fully saturated rings. The van der Waals surface area contributed by atoms with Crippen LogP contribution in [0.5, 0.6) is 0 Å². The van der Waals surface area contributed by atoms with E-state index < -0.39 is 0 Å². The molecule has 2 aromatic carbocycles. The van der Waals surface area contributed by atoms with Crippen molar-refractivity contribution in [3.05, 3.63) is 69.2 Å². The van der Waals surface area contributed by atoms with Gasteiger partial charge in [0.2, 0.25) is 0 Å². The van der Waals surface area contributed by atoms with E-state index >= 15 is 0 Å². The number of benzene rings is 2. The van der Waals surface area contributed by atoms with E-state index in [2.05, 4.69) is 29.6 Å². The number of nitrogens with one attached hydrogen (secondary N) is 1. The molecule has 21 heavy (non-hydrogen) atoms. The molecule has 110 valence electrons. The van der Waals surface area contributed by atoms with Crippen molar-refractivity contribution >= 4 is 23.2 Å². The van der Waals surface area contributed by atoms with Crippen LogP contribution in [0.15, 0.2) is 42.5 Å². The van der Waals surface area contributed by atoms with Crippen LogP contribution in [0.25, 0.3) is 0 Å². The van der Waals surface area contributed by atoms with Crippen molar-refractivity contribution in [3.63, 3.8) is 0 Å². The highest BCUT2D eigenvalue weighted by atomic mass is 35.5. The highest BCUT2D eigenvalue weighted by Gasteiger charge is 2.29. The molecule has 1 nitrogen and oxygen atoms in total. The van der Waals surface area contributed by atoms with Crippen molar-refractivity contribution in [1.29, 1.82) is 0 Å². The Balaban J connectivity index is 1.83. The number of likely N-dealkylation sites (N-methyl/N-ethyl adjacent to an activating group) is 1. The maximum Gasteiger partial charge on any atom is 0.0453 e. The molecule has 0 spiro atoms. The van der Waals surface area contributed by atoms with Crippen molar-refractivity contribution in [2.24, 2.45) is 0 Å². The second-order valence-corrected chi connectivity index (χ2v) is 6.52. The molecule has 1 aliphatic rings. The van der Waals surface area contributed by atoms with Gasteiger partial charge < -0.3 is 5.32 Å². The Morgan fingerprint density at radius 2 is 2.00 bits per heavy atom. The summed E-state index contributed by atoms with van der Waals surface area (Å²) < 4.78 is 0. The Kier molecular flexibility index (Phi) is 4.54. The molecule has 0 aromatic heterocycles. The smallest absolute Gasteiger partial charge is 0.0453 e. The van der Waals surface area contributed by atoms with Crippen LogP contribution in [0.3, 0.4) is 0 Å². The van der Waals surface area contributed by atoms with E-state index in [1.54, 1.807) is 0 Å². The number of halogens is 2. The van der Waals surface area contributed by atoms with Crippen LogP contribution >= 0.6 is 23.2 Å². The Morgan fingerprint density at radius 1 is 1.19 bits per heavy atom. The molecule has 1 aliphatic carbocycles. The minimum absolute atomic E-state index is 0.396. The molecule has 0 saturated heterocycles. The summed E-state index contributed by atoms with van der Waals surface area (Å²) in [5.41, 5.74) is 4.14. The Morgan fingerprint density at radius 3 is 2.76 bits per heavy atom. The highest BCUT2D eigenvalue weighted by molar-refractivity contribution is 6.35. The van der Waals surface area contributed by atoms with Gasteiger partial charge in [-0.2, -0.15) is 0 Å². The van der Waals surface area contributed by atoms with Gasteiger partial charge in [0.25, 0.3) is 0 Å². The number of hydrogen-bond donors (Lipinski definition) is 1. The molecule has 1 N–H and O–H groups in total. The lowest BCUT2D eigenvalue weighted by Crippen LogP contribution is -2.33. The molecule has 0 radical (unpaired) electrons. The third kappa shape index (κ3) is 3.11. The Labute approximate surface area is 136 Å². The fourth-order valence-electron chi connectivity index (χ4n) is 3.38. The van der Waals surface area contributed by atoms with Gasteiger partial charge in [0.05, 0.1) is 0 Å². The third-order valence-electron chi connectivity index (χ3n) is 4.49. The number of hydrogen-bond acceptors (Lipinski definition) is 1. The van der Waals surface area contributed by atoms with Crippen molar-refractivity contribution in [3.8, 4) is 0 Å². The second-order valence-electron chi connectivity index (χ2n) is 5.68. The molecule has 3 rings (SSSR count). The van der Waals surface area contributed by atoms with Gasteiger partial charge in [-0.25, -0.2) is 0 Å².